The van der Waals surface area contributed by atoms with E-state index in [2.05, 4.69) is 5.32 Å². The zero-order valence-electron chi connectivity index (χ0n) is 9.05. The van der Waals surface area contributed by atoms with Crippen molar-refractivity contribution in [1.82, 2.24) is 5.32 Å². The van der Waals surface area contributed by atoms with E-state index >= 15 is 0 Å². The van der Waals surface area contributed by atoms with Crippen LogP contribution < -0.4 is 11.1 Å². The quantitative estimate of drug-likeness (QED) is 0.810. The molecule has 0 aromatic heterocycles. The first kappa shape index (κ1) is 11.5. The van der Waals surface area contributed by atoms with Crippen molar-refractivity contribution >= 4 is 0 Å². The van der Waals surface area contributed by atoms with Crippen molar-refractivity contribution in [2.75, 3.05) is 6.54 Å². The van der Waals surface area contributed by atoms with Crippen LogP contribution in [0.3, 0.4) is 0 Å². The van der Waals surface area contributed by atoms with E-state index in [9.17, 15) is 8.78 Å². The Kier molecular flexibility index (Phi) is 3.51. The first-order valence-electron chi connectivity index (χ1n) is 5.62. The smallest absolute Gasteiger partial charge is 0.128 e. The van der Waals surface area contributed by atoms with Gasteiger partial charge in [-0.3, -0.25) is 0 Å². The van der Waals surface area contributed by atoms with Crippen LogP contribution in [0.4, 0.5) is 8.78 Å². The second-order valence-corrected chi connectivity index (χ2v) is 4.25. The molecule has 2 unspecified atom stereocenters. The molecular formula is C12H16F2N2. The molecule has 88 valence electrons. The fourth-order valence-corrected chi connectivity index (χ4v) is 2.17. The maximum absolute atomic E-state index is 13.5. The first-order valence-corrected chi connectivity index (χ1v) is 5.62. The van der Waals surface area contributed by atoms with E-state index in [0.29, 0.717) is 0 Å². The lowest BCUT2D eigenvalue weighted by Gasteiger charge is -2.29. The van der Waals surface area contributed by atoms with Crippen LogP contribution in [-0.4, -0.2) is 12.6 Å². The second-order valence-electron chi connectivity index (χ2n) is 4.25. The van der Waals surface area contributed by atoms with Gasteiger partial charge < -0.3 is 11.1 Å². The average molecular weight is 226 g/mol. The van der Waals surface area contributed by atoms with Crippen molar-refractivity contribution in [3.63, 3.8) is 0 Å². The molecule has 0 aliphatic carbocycles. The molecule has 1 aliphatic rings. The van der Waals surface area contributed by atoms with E-state index in [4.69, 9.17) is 5.73 Å². The molecule has 2 rings (SSSR count). The number of hydrogen-bond donors (Lipinski definition) is 2. The highest BCUT2D eigenvalue weighted by Gasteiger charge is 2.23. The van der Waals surface area contributed by atoms with Gasteiger partial charge in [0.1, 0.15) is 11.6 Å². The van der Waals surface area contributed by atoms with E-state index in [1.165, 1.54) is 6.07 Å². The third-order valence-corrected chi connectivity index (χ3v) is 3.10. The molecule has 4 heteroatoms. The Balaban J connectivity index is 2.18. The van der Waals surface area contributed by atoms with Gasteiger partial charge in [0.15, 0.2) is 0 Å². The molecule has 1 aliphatic heterocycles. The zero-order chi connectivity index (χ0) is 11.5. The first-order chi connectivity index (χ1) is 7.68. The minimum Gasteiger partial charge on any atom is -0.323 e. The molecule has 0 saturated carbocycles. The number of halogens is 2. The molecule has 0 amide bonds. The lowest BCUT2D eigenvalue weighted by Crippen LogP contribution is -2.42. The van der Waals surface area contributed by atoms with Gasteiger partial charge >= 0.3 is 0 Å². The summed E-state index contributed by atoms with van der Waals surface area (Å²) < 4.78 is 26.5. The van der Waals surface area contributed by atoms with Gasteiger partial charge in [-0.05, 0) is 37.6 Å². The fraction of sp³-hybridized carbons (Fsp3) is 0.500. The largest absolute Gasteiger partial charge is 0.323 e. The van der Waals surface area contributed by atoms with Crippen LogP contribution in [0.2, 0.25) is 0 Å². The van der Waals surface area contributed by atoms with E-state index < -0.39 is 17.7 Å². The molecule has 3 N–H and O–H groups in total. The minimum absolute atomic E-state index is 0.0463. The number of piperidine rings is 1. The van der Waals surface area contributed by atoms with Crippen LogP contribution in [0.15, 0.2) is 18.2 Å². The van der Waals surface area contributed by atoms with Crippen LogP contribution in [0, 0.1) is 11.6 Å². The molecule has 2 atom stereocenters. The molecule has 1 fully saturated rings. The third-order valence-electron chi connectivity index (χ3n) is 3.10. The molecule has 2 nitrogen and oxygen atoms in total. The Hall–Kier alpha value is -1.00. The summed E-state index contributed by atoms with van der Waals surface area (Å²) in [5.74, 6) is -0.871. The van der Waals surface area contributed by atoms with Crippen molar-refractivity contribution in [2.24, 2.45) is 5.73 Å². The molecular weight excluding hydrogens is 210 g/mol. The number of hydrogen-bond acceptors (Lipinski definition) is 2. The van der Waals surface area contributed by atoms with Gasteiger partial charge in [-0.25, -0.2) is 8.78 Å². The fourth-order valence-electron chi connectivity index (χ4n) is 2.17. The van der Waals surface area contributed by atoms with E-state index in [1.54, 1.807) is 0 Å². The SMILES string of the molecule is NC(c1cc(F)ccc1F)C1CCCCN1. The normalized spacial score (nSPS) is 23.1. The van der Waals surface area contributed by atoms with Gasteiger partial charge in [0.2, 0.25) is 0 Å². The predicted octanol–water partition coefficient (Wildman–Crippen LogP) is 2.11. The molecule has 1 aromatic rings. The minimum atomic E-state index is -0.476. The number of nitrogens with two attached hydrogens (primary N) is 1. The average Bonchev–Trinajstić information content (AvgIpc) is 2.32. The van der Waals surface area contributed by atoms with Gasteiger partial charge in [-0.2, -0.15) is 0 Å². The van der Waals surface area contributed by atoms with Crippen molar-refractivity contribution < 1.29 is 8.78 Å². The number of benzene rings is 1. The van der Waals surface area contributed by atoms with Crippen molar-refractivity contribution in [2.45, 2.75) is 31.3 Å². The summed E-state index contributed by atoms with van der Waals surface area (Å²) in [4.78, 5) is 0. The van der Waals surface area contributed by atoms with Crippen LogP contribution in [-0.2, 0) is 0 Å². The summed E-state index contributed by atoms with van der Waals surface area (Å²) in [6, 6.07) is 3.00. The van der Waals surface area contributed by atoms with Crippen molar-refractivity contribution in [1.29, 1.82) is 0 Å². The van der Waals surface area contributed by atoms with Gasteiger partial charge in [0, 0.05) is 17.6 Å². The summed E-state index contributed by atoms with van der Waals surface area (Å²) >= 11 is 0. The summed E-state index contributed by atoms with van der Waals surface area (Å²) in [5, 5.41) is 3.25. The molecule has 0 spiro atoms. The highest BCUT2D eigenvalue weighted by atomic mass is 19.1. The Labute approximate surface area is 93.8 Å². The molecule has 0 bridgehead atoms. The van der Waals surface area contributed by atoms with Crippen molar-refractivity contribution in [3.8, 4) is 0 Å². The molecule has 1 saturated heterocycles. The molecule has 1 heterocycles. The highest BCUT2D eigenvalue weighted by Crippen LogP contribution is 2.23. The summed E-state index contributed by atoms with van der Waals surface area (Å²) in [7, 11) is 0. The molecule has 0 radical (unpaired) electrons. The molecule has 16 heavy (non-hydrogen) atoms. The lowest BCUT2D eigenvalue weighted by atomic mass is 9.93. The van der Waals surface area contributed by atoms with Gasteiger partial charge in [-0.1, -0.05) is 6.42 Å². The summed E-state index contributed by atoms with van der Waals surface area (Å²) in [5.41, 5.74) is 6.23. The highest BCUT2D eigenvalue weighted by molar-refractivity contribution is 5.23. The van der Waals surface area contributed by atoms with Crippen LogP contribution in [0.1, 0.15) is 30.9 Å². The second kappa shape index (κ2) is 4.89. The zero-order valence-corrected chi connectivity index (χ0v) is 9.05. The number of nitrogens with one attached hydrogen (secondary N) is 1. The van der Waals surface area contributed by atoms with E-state index in [-0.39, 0.29) is 11.6 Å². The standard InChI is InChI=1S/C12H16F2N2/c13-8-4-5-10(14)9(7-8)12(15)11-3-1-2-6-16-11/h4-5,7,11-12,16H,1-3,6,15H2. The predicted molar refractivity (Wildman–Crippen MR) is 58.9 cm³/mol. The molecule has 1 aromatic carbocycles. The van der Waals surface area contributed by atoms with Gasteiger partial charge in [0.05, 0.1) is 0 Å². The van der Waals surface area contributed by atoms with Crippen LogP contribution in [0.5, 0.6) is 0 Å². The summed E-state index contributed by atoms with van der Waals surface area (Å²) in [6.45, 7) is 0.898. The lowest BCUT2D eigenvalue weighted by molar-refractivity contribution is 0.347. The van der Waals surface area contributed by atoms with Gasteiger partial charge in [-0.15, -0.1) is 0 Å². The third kappa shape index (κ3) is 2.39. The van der Waals surface area contributed by atoms with E-state index in [1.807, 2.05) is 0 Å². The van der Waals surface area contributed by atoms with Crippen LogP contribution >= 0.6 is 0 Å². The Morgan fingerprint density at radius 2 is 2.12 bits per heavy atom. The monoisotopic (exact) mass is 226 g/mol. The van der Waals surface area contributed by atoms with Crippen LogP contribution in [0.25, 0.3) is 0 Å². The Morgan fingerprint density at radius 3 is 2.81 bits per heavy atom. The maximum Gasteiger partial charge on any atom is 0.128 e. The Bertz CT molecular complexity index is 362. The Morgan fingerprint density at radius 1 is 1.31 bits per heavy atom. The van der Waals surface area contributed by atoms with E-state index in [0.717, 1.165) is 37.9 Å². The summed E-state index contributed by atoms with van der Waals surface area (Å²) in [6.07, 6.45) is 3.12. The van der Waals surface area contributed by atoms with Gasteiger partial charge in [0.25, 0.3) is 0 Å². The maximum atomic E-state index is 13.5. The number of rotatable bonds is 2. The van der Waals surface area contributed by atoms with Crippen molar-refractivity contribution in [3.05, 3.63) is 35.4 Å². The topological polar surface area (TPSA) is 38.0 Å².